The minimum Gasteiger partial charge on any atom is -0.319 e. The van der Waals surface area contributed by atoms with Crippen molar-refractivity contribution >= 4 is 9.84 Å². The van der Waals surface area contributed by atoms with Crippen LogP contribution >= 0.6 is 0 Å². The molecule has 1 N–H and O–H groups in total. The minimum atomic E-state index is -2.79. The van der Waals surface area contributed by atoms with E-state index in [4.69, 9.17) is 0 Å². The third kappa shape index (κ3) is 4.42. The van der Waals surface area contributed by atoms with E-state index in [1.165, 1.54) is 25.7 Å². The summed E-state index contributed by atoms with van der Waals surface area (Å²) >= 11 is 0. The lowest BCUT2D eigenvalue weighted by molar-refractivity contribution is 0.321. The van der Waals surface area contributed by atoms with Gasteiger partial charge in [0.1, 0.15) is 9.84 Å². The first-order valence-electron chi connectivity index (χ1n) is 6.44. The maximum absolute atomic E-state index is 11.5. The zero-order valence-electron chi connectivity index (χ0n) is 10.5. The number of nitrogens with one attached hydrogen (secondary N) is 1. The second kappa shape index (κ2) is 6.60. The van der Waals surface area contributed by atoms with Crippen molar-refractivity contribution in [1.82, 2.24) is 5.32 Å². The molecule has 0 aromatic rings. The van der Waals surface area contributed by atoms with Crippen LogP contribution in [0.1, 0.15) is 39.0 Å². The van der Waals surface area contributed by atoms with Crippen molar-refractivity contribution in [2.24, 2.45) is 11.8 Å². The van der Waals surface area contributed by atoms with Crippen LogP contribution in [0.25, 0.3) is 0 Å². The van der Waals surface area contributed by atoms with Crippen LogP contribution in [0.2, 0.25) is 0 Å². The molecule has 96 valence electrons. The molecule has 1 atom stereocenters. The fourth-order valence-corrected chi connectivity index (χ4v) is 3.62. The molecule has 0 aliphatic heterocycles. The van der Waals surface area contributed by atoms with Crippen LogP contribution in [-0.4, -0.2) is 33.5 Å². The Morgan fingerprint density at radius 1 is 1.31 bits per heavy atom. The van der Waals surface area contributed by atoms with E-state index in [9.17, 15) is 8.42 Å². The van der Waals surface area contributed by atoms with Gasteiger partial charge in [0.2, 0.25) is 0 Å². The van der Waals surface area contributed by atoms with E-state index in [0.717, 1.165) is 18.9 Å². The first-order chi connectivity index (χ1) is 7.59. The maximum Gasteiger partial charge on any atom is 0.150 e. The van der Waals surface area contributed by atoms with E-state index in [1.54, 1.807) is 6.92 Å². The molecule has 4 heteroatoms. The van der Waals surface area contributed by atoms with Gasteiger partial charge in [-0.15, -0.1) is 0 Å². The Morgan fingerprint density at radius 2 is 1.94 bits per heavy atom. The Kier molecular flexibility index (Phi) is 5.76. The summed E-state index contributed by atoms with van der Waals surface area (Å²) in [5.41, 5.74) is 0. The summed E-state index contributed by atoms with van der Waals surface area (Å²) in [5, 5.41) is 3.20. The second-order valence-electron chi connectivity index (χ2n) is 4.89. The van der Waals surface area contributed by atoms with Gasteiger partial charge in [0.15, 0.2) is 0 Å². The standard InChI is InChI=1S/C12H25NO2S/c1-3-16(14,15)9-8-12(10-13-2)11-6-4-5-7-11/h11-13H,3-10H2,1-2H3. The highest BCUT2D eigenvalue weighted by Gasteiger charge is 2.25. The van der Waals surface area contributed by atoms with Gasteiger partial charge < -0.3 is 5.32 Å². The molecule has 1 aliphatic rings. The van der Waals surface area contributed by atoms with Gasteiger partial charge in [0, 0.05) is 5.75 Å². The first kappa shape index (κ1) is 14.0. The van der Waals surface area contributed by atoms with Crippen LogP contribution in [0.4, 0.5) is 0 Å². The van der Waals surface area contributed by atoms with Crippen molar-refractivity contribution in [2.75, 3.05) is 25.1 Å². The van der Waals surface area contributed by atoms with E-state index < -0.39 is 9.84 Å². The highest BCUT2D eigenvalue weighted by atomic mass is 32.2. The summed E-state index contributed by atoms with van der Waals surface area (Å²) < 4.78 is 23.0. The van der Waals surface area contributed by atoms with Gasteiger partial charge in [-0.25, -0.2) is 8.42 Å². The van der Waals surface area contributed by atoms with E-state index in [2.05, 4.69) is 5.32 Å². The molecule has 0 spiro atoms. The zero-order chi connectivity index (χ0) is 12.0. The number of hydrogen-bond donors (Lipinski definition) is 1. The van der Waals surface area contributed by atoms with Crippen molar-refractivity contribution in [2.45, 2.75) is 39.0 Å². The van der Waals surface area contributed by atoms with E-state index in [-0.39, 0.29) is 5.75 Å². The highest BCUT2D eigenvalue weighted by molar-refractivity contribution is 7.91. The largest absolute Gasteiger partial charge is 0.319 e. The molecule has 1 rings (SSSR count). The Labute approximate surface area is 99.9 Å². The molecule has 1 saturated carbocycles. The van der Waals surface area contributed by atoms with Gasteiger partial charge in [-0.1, -0.05) is 32.6 Å². The molecule has 0 saturated heterocycles. The van der Waals surface area contributed by atoms with Crippen molar-refractivity contribution in [3.05, 3.63) is 0 Å². The lowest BCUT2D eigenvalue weighted by atomic mass is 9.89. The molecule has 1 aliphatic carbocycles. The molecular formula is C12H25NO2S. The Balaban J connectivity index is 2.44. The summed E-state index contributed by atoms with van der Waals surface area (Å²) in [6.07, 6.45) is 6.07. The fourth-order valence-electron chi connectivity index (χ4n) is 2.67. The van der Waals surface area contributed by atoms with Crippen molar-refractivity contribution in [3.63, 3.8) is 0 Å². The molecule has 16 heavy (non-hydrogen) atoms. The molecule has 0 aromatic carbocycles. The van der Waals surface area contributed by atoms with Gasteiger partial charge in [-0.05, 0) is 31.8 Å². The lowest BCUT2D eigenvalue weighted by Gasteiger charge is -2.22. The van der Waals surface area contributed by atoms with Gasteiger partial charge >= 0.3 is 0 Å². The fraction of sp³-hybridized carbons (Fsp3) is 1.00. The molecule has 0 bridgehead atoms. The predicted octanol–water partition coefficient (Wildman–Crippen LogP) is 1.84. The topological polar surface area (TPSA) is 46.2 Å². The first-order valence-corrected chi connectivity index (χ1v) is 8.26. The zero-order valence-corrected chi connectivity index (χ0v) is 11.4. The average Bonchev–Trinajstić information content (AvgIpc) is 2.77. The Hall–Kier alpha value is -0.0900. The van der Waals surface area contributed by atoms with Crippen molar-refractivity contribution < 1.29 is 8.42 Å². The smallest absolute Gasteiger partial charge is 0.150 e. The lowest BCUT2D eigenvalue weighted by Crippen LogP contribution is -2.27. The highest BCUT2D eigenvalue weighted by Crippen LogP contribution is 2.33. The molecule has 0 aromatic heterocycles. The molecule has 0 radical (unpaired) electrons. The third-order valence-corrected chi connectivity index (χ3v) is 5.51. The van der Waals surface area contributed by atoms with Crippen LogP contribution in [0, 0.1) is 11.8 Å². The summed E-state index contributed by atoms with van der Waals surface area (Å²) in [5.74, 6) is 1.95. The van der Waals surface area contributed by atoms with Crippen molar-refractivity contribution in [1.29, 1.82) is 0 Å². The molecule has 3 nitrogen and oxygen atoms in total. The normalized spacial score (nSPS) is 20.1. The summed E-state index contributed by atoms with van der Waals surface area (Å²) in [7, 11) is -0.836. The van der Waals surface area contributed by atoms with Gasteiger partial charge in [-0.2, -0.15) is 0 Å². The van der Waals surface area contributed by atoms with Gasteiger partial charge in [0.05, 0.1) is 5.75 Å². The van der Waals surface area contributed by atoms with Crippen LogP contribution in [0.5, 0.6) is 0 Å². The van der Waals surface area contributed by atoms with E-state index >= 15 is 0 Å². The number of hydrogen-bond acceptors (Lipinski definition) is 3. The SMILES string of the molecule is CCS(=O)(=O)CCC(CNC)C1CCCC1. The molecule has 1 fully saturated rings. The average molecular weight is 247 g/mol. The number of rotatable bonds is 7. The molecule has 1 unspecified atom stereocenters. The monoisotopic (exact) mass is 247 g/mol. The molecule has 0 heterocycles. The number of sulfone groups is 1. The summed E-state index contributed by atoms with van der Waals surface area (Å²) in [6.45, 7) is 2.70. The predicted molar refractivity (Wildman–Crippen MR) is 68.3 cm³/mol. The second-order valence-corrected chi connectivity index (χ2v) is 7.36. The van der Waals surface area contributed by atoms with Crippen LogP contribution < -0.4 is 5.32 Å². The third-order valence-electron chi connectivity index (χ3n) is 3.77. The quantitative estimate of drug-likeness (QED) is 0.746. The Morgan fingerprint density at radius 3 is 2.44 bits per heavy atom. The summed E-state index contributed by atoms with van der Waals surface area (Å²) in [6, 6.07) is 0. The van der Waals surface area contributed by atoms with Crippen LogP contribution in [0.3, 0.4) is 0 Å². The van der Waals surface area contributed by atoms with E-state index in [0.29, 0.717) is 11.7 Å². The Bertz CT molecular complexity index is 281. The molecular weight excluding hydrogens is 222 g/mol. The van der Waals surface area contributed by atoms with Crippen LogP contribution in [0.15, 0.2) is 0 Å². The van der Waals surface area contributed by atoms with E-state index in [1.807, 2.05) is 7.05 Å². The minimum absolute atomic E-state index is 0.282. The van der Waals surface area contributed by atoms with Crippen molar-refractivity contribution in [3.8, 4) is 0 Å². The molecule has 0 amide bonds. The van der Waals surface area contributed by atoms with Crippen LogP contribution in [-0.2, 0) is 9.84 Å². The van der Waals surface area contributed by atoms with Gasteiger partial charge in [0.25, 0.3) is 0 Å². The van der Waals surface area contributed by atoms with Gasteiger partial charge in [-0.3, -0.25) is 0 Å². The maximum atomic E-state index is 11.5. The summed E-state index contributed by atoms with van der Waals surface area (Å²) in [4.78, 5) is 0.